The molecule has 0 aromatic heterocycles. The van der Waals surface area contributed by atoms with Gasteiger partial charge in [-0.25, -0.2) is 4.79 Å². The van der Waals surface area contributed by atoms with Crippen LogP contribution in [0.1, 0.15) is 34.1 Å². The molecule has 4 heteroatoms. The van der Waals surface area contributed by atoms with Gasteiger partial charge in [-0.05, 0) is 13.8 Å². The Morgan fingerprint density at radius 1 is 1.14 bits per heavy atom. The van der Waals surface area contributed by atoms with E-state index in [1.165, 1.54) is 6.92 Å². The fraction of sp³-hybridized carbons (Fsp3) is 0.600. The van der Waals surface area contributed by atoms with Crippen LogP contribution in [0.2, 0.25) is 0 Å². The molecule has 0 unspecified atom stereocenters. The van der Waals surface area contributed by atoms with Gasteiger partial charge in [0.2, 0.25) is 0 Å². The van der Waals surface area contributed by atoms with Crippen molar-refractivity contribution >= 4 is 11.9 Å². The molecule has 0 aliphatic carbocycles. The van der Waals surface area contributed by atoms with Gasteiger partial charge < -0.3 is 9.47 Å². The van der Waals surface area contributed by atoms with E-state index in [4.69, 9.17) is 4.74 Å². The van der Waals surface area contributed by atoms with Crippen LogP contribution >= 0.6 is 0 Å². The first-order chi connectivity index (χ1) is 6.52. The Morgan fingerprint density at radius 2 is 1.71 bits per heavy atom. The third kappa shape index (κ3) is 4.07. The molecular formula is C10H16O4. The zero-order valence-corrected chi connectivity index (χ0v) is 9.05. The third-order valence-corrected chi connectivity index (χ3v) is 1.60. The second-order valence-electron chi connectivity index (χ2n) is 2.72. The maximum Gasteiger partial charge on any atom is 0.344 e. The molecule has 0 rings (SSSR count). The first-order valence-corrected chi connectivity index (χ1v) is 4.58. The molecule has 0 radical (unpaired) electrons. The first-order valence-electron chi connectivity index (χ1n) is 4.58. The first kappa shape index (κ1) is 12.7. The van der Waals surface area contributed by atoms with Gasteiger partial charge >= 0.3 is 11.9 Å². The van der Waals surface area contributed by atoms with Crippen LogP contribution in [0.5, 0.6) is 0 Å². The van der Waals surface area contributed by atoms with Crippen molar-refractivity contribution < 1.29 is 19.1 Å². The van der Waals surface area contributed by atoms with E-state index in [0.29, 0.717) is 24.4 Å². The Balaban J connectivity index is 4.58. The van der Waals surface area contributed by atoms with Crippen LogP contribution in [0.25, 0.3) is 0 Å². The van der Waals surface area contributed by atoms with Crippen LogP contribution in [0, 0.1) is 0 Å². The van der Waals surface area contributed by atoms with E-state index in [9.17, 15) is 9.59 Å². The van der Waals surface area contributed by atoms with Crippen molar-refractivity contribution in [2.45, 2.75) is 34.1 Å². The van der Waals surface area contributed by atoms with E-state index >= 15 is 0 Å². The molecule has 0 aliphatic heterocycles. The van der Waals surface area contributed by atoms with Crippen LogP contribution < -0.4 is 0 Å². The van der Waals surface area contributed by atoms with Crippen molar-refractivity contribution in [2.75, 3.05) is 6.61 Å². The lowest BCUT2D eigenvalue weighted by molar-refractivity contribution is -0.155. The van der Waals surface area contributed by atoms with Gasteiger partial charge in [-0.1, -0.05) is 6.92 Å². The molecule has 0 aromatic rings. The van der Waals surface area contributed by atoms with Crippen molar-refractivity contribution in [3.63, 3.8) is 0 Å². The summed E-state index contributed by atoms with van der Waals surface area (Å²) in [7, 11) is 0. The number of rotatable bonds is 4. The number of esters is 2. The normalized spacial score (nSPS) is 11.7. The van der Waals surface area contributed by atoms with Crippen molar-refractivity contribution in [1.29, 1.82) is 0 Å². The number of hydrogen-bond acceptors (Lipinski definition) is 4. The minimum absolute atomic E-state index is 0.351. The van der Waals surface area contributed by atoms with Crippen LogP contribution in [0.15, 0.2) is 11.3 Å². The van der Waals surface area contributed by atoms with E-state index in [1.807, 2.05) is 13.8 Å². The highest BCUT2D eigenvalue weighted by Gasteiger charge is 2.13. The fourth-order valence-electron chi connectivity index (χ4n) is 0.971. The maximum absolute atomic E-state index is 11.2. The van der Waals surface area contributed by atoms with Crippen LogP contribution in [-0.2, 0) is 19.1 Å². The number of hydrogen-bond donors (Lipinski definition) is 0. The highest BCUT2D eigenvalue weighted by molar-refractivity contribution is 5.95. The van der Waals surface area contributed by atoms with Crippen molar-refractivity contribution in [2.24, 2.45) is 0 Å². The predicted octanol–water partition coefficient (Wildman–Crippen LogP) is 1.80. The van der Waals surface area contributed by atoms with Gasteiger partial charge in [-0.2, -0.15) is 0 Å². The summed E-state index contributed by atoms with van der Waals surface area (Å²) in [5.41, 5.74) is 0.351. The lowest BCUT2D eigenvalue weighted by Crippen LogP contribution is -2.12. The van der Waals surface area contributed by atoms with E-state index in [0.717, 1.165) is 0 Å². The van der Waals surface area contributed by atoms with Gasteiger partial charge in [0.05, 0.1) is 12.2 Å². The molecular weight excluding hydrogens is 184 g/mol. The molecule has 0 N–H and O–H groups in total. The molecule has 4 nitrogen and oxygen atoms in total. The van der Waals surface area contributed by atoms with Crippen LogP contribution in [0.3, 0.4) is 0 Å². The van der Waals surface area contributed by atoms with E-state index in [-0.39, 0.29) is 0 Å². The van der Waals surface area contributed by atoms with Crippen molar-refractivity contribution in [1.82, 2.24) is 0 Å². The smallest absolute Gasteiger partial charge is 0.344 e. The molecule has 0 amide bonds. The second-order valence-corrected chi connectivity index (χ2v) is 2.72. The molecule has 80 valence electrons. The predicted molar refractivity (Wildman–Crippen MR) is 51.4 cm³/mol. The van der Waals surface area contributed by atoms with Gasteiger partial charge in [-0.15, -0.1) is 0 Å². The summed E-state index contributed by atoms with van der Waals surface area (Å²) in [4.78, 5) is 21.8. The Labute approximate surface area is 83.9 Å². The van der Waals surface area contributed by atoms with Gasteiger partial charge in [0.25, 0.3) is 0 Å². The largest absolute Gasteiger partial charge is 0.498 e. The Kier molecular flexibility index (Phi) is 5.60. The average Bonchev–Trinajstić information content (AvgIpc) is 2.12. The SMILES string of the molecule is CCOC(CC)=C(C)C(=O)OC(C)=O. The molecule has 0 saturated carbocycles. The third-order valence-electron chi connectivity index (χ3n) is 1.60. The van der Waals surface area contributed by atoms with Crippen LogP contribution in [-0.4, -0.2) is 18.5 Å². The molecule has 0 aromatic carbocycles. The van der Waals surface area contributed by atoms with Crippen LogP contribution in [0.4, 0.5) is 0 Å². The Bertz CT molecular complexity index is 253. The lowest BCUT2D eigenvalue weighted by Gasteiger charge is -2.09. The summed E-state index contributed by atoms with van der Waals surface area (Å²) in [5.74, 6) is -0.678. The average molecular weight is 200 g/mol. The Hall–Kier alpha value is -1.32. The van der Waals surface area contributed by atoms with Gasteiger partial charge in [0.1, 0.15) is 5.76 Å². The number of carbonyl (C=O) groups excluding carboxylic acids is 2. The topological polar surface area (TPSA) is 52.6 Å². The summed E-state index contributed by atoms with van der Waals surface area (Å²) in [6.07, 6.45) is 0.604. The number of allylic oxidation sites excluding steroid dienone is 1. The Morgan fingerprint density at radius 3 is 2.07 bits per heavy atom. The molecule has 0 heterocycles. The van der Waals surface area contributed by atoms with E-state index in [2.05, 4.69) is 4.74 Å². The maximum atomic E-state index is 11.2. The van der Waals surface area contributed by atoms with E-state index in [1.54, 1.807) is 6.92 Å². The molecule has 0 fully saturated rings. The second kappa shape index (κ2) is 6.18. The van der Waals surface area contributed by atoms with Gasteiger partial charge in [0, 0.05) is 13.3 Å². The highest BCUT2D eigenvalue weighted by Crippen LogP contribution is 2.11. The minimum Gasteiger partial charge on any atom is -0.498 e. The molecule has 0 saturated heterocycles. The van der Waals surface area contributed by atoms with Gasteiger partial charge in [0.15, 0.2) is 0 Å². The zero-order valence-electron chi connectivity index (χ0n) is 9.05. The summed E-state index contributed by atoms with van der Waals surface area (Å²) < 4.78 is 9.65. The summed E-state index contributed by atoms with van der Waals surface area (Å²) >= 11 is 0. The summed E-state index contributed by atoms with van der Waals surface area (Å²) in [6, 6.07) is 0. The van der Waals surface area contributed by atoms with E-state index < -0.39 is 11.9 Å². The molecule has 0 aliphatic rings. The molecule has 0 bridgehead atoms. The molecule has 0 spiro atoms. The summed E-state index contributed by atoms with van der Waals surface area (Å²) in [5, 5.41) is 0. The summed E-state index contributed by atoms with van der Waals surface area (Å²) in [6.45, 7) is 6.97. The minimum atomic E-state index is -0.636. The molecule has 0 atom stereocenters. The lowest BCUT2D eigenvalue weighted by atomic mass is 10.2. The standard InChI is InChI=1S/C10H16O4/c1-5-9(13-6-2)7(3)10(12)14-8(4)11/h5-6H2,1-4H3. The monoisotopic (exact) mass is 200 g/mol. The quantitative estimate of drug-likeness (QED) is 0.300. The van der Waals surface area contributed by atoms with Gasteiger partial charge in [-0.3, -0.25) is 4.79 Å². The molecule has 14 heavy (non-hydrogen) atoms. The highest BCUT2D eigenvalue weighted by atomic mass is 16.6. The number of carbonyl (C=O) groups is 2. The zero-order chi connectivity index (χ0) is 11.1. The van der Waals surface area contributed by atoms with Crippen molar-refractivity contribution in [3.8, 4) is 0 Å². The fourth-order valence-corrected chi connectivity index (χ4v) is 0.971. The number of ether oxygens (including phenoxy) is 2. The van der Waals surface area contributed by atoms with Crippen molar-refractivity contribution in [3.05, 3.63) is 11.3 Å².